The molecule has 0 aliphatic heterocycles. The smallest absolute Gasteiger partial charge is 0.339 e. The average Bonchev–Trinajstić information content (AvgIpc) is 3.10. The number of nitrogens with one attached hydrogen (secondary N) is 2. The molecule has 0 saturated carbocycles. The van der Waals surface area contributed by atoms with Crippen LogP contribution in [-0.2, 0) is 4.79 Å². The molecule has 1 heterocycles. The number of methoxy groups -OCH3 is 1. The van der Waals surface area contributed by atoms with Crippen LogP contribution in [0, 0.1) is 0 Å². The van der Waals surface area contributed by atoms with Crippen molar-refractivity contribution in [3.63, 3.8) is 0 Å². The predicted molar refractivity (Wildman–Crippen MR) is 127 cm³/mol. The first-order chi connectivity index (χ1) is 15.5. The van der Waals surface area contributed by atoms with Crippen molar-refractivity contribution in [3.05, 3.63) is 70.0 Å². The zero-order valence-corrected chi connectivity index (χ0v) is 19.1. The molecule has 0 fully saturated rings. The Morgan fingerprint density at radius 3 is 2.36 bits per heavy atom. The maximum absolute atomic E-state index is 12.2. The summed E-state index contributed by atoms with van der Waals surface area (Å²) < 4.78 is 5.20. The van der Waals surface area contributed by atoms with Crippen molar-refractivity contribution in [2.45, 2.75) is 6.92 Å². The number of halogens is 2. The maximum Gasteiger partial charge on any atom is 0.339 e. The van der Waals surface area contributed by atoms with Crippen molar-refractivity contribution in [1.82, 2.24) is 4.98 Å². The van der Waals surface area contributed by atoms with E-state index in [1.165, 1.54) is 31.4 Å². The molecule has 8 nitrogen and oxygen atoms in total. The summed E-state index contributed by atoms with van der Waals surface area (Å²) in [6.07, 6.45) is 0. The topological polar surface area (TPSA) is 135 Å². The minimum absolute atomic E-state index is 0.0101. The summed E-state index contributed by atoms with van der Waals surface area (Å²) >= 11 is 13.0. The molecule has 0 saturated heterocycles. The van der Waals surface area contributed by atoms with E-state index in [-0.39, 0.29) is 33.1 Å². The SMILES string of the molecule is C=C(C)C(=O)Nc1ccc(-c2c(Cl)[nH]c(C(N)=O)c2-c2ccc(C(=O)O)c(OC)c2)c(Cl)c1. The fourth-order valence-electron chi connectivity index (χ4n) is 3.25. The number of aromatic amines is 1. The molecule has 1 aromatic heterocycles. The Morgan fingerprint density at radius 2 is 1.82 bits per heavy atom. The first-order valence-corrected chi connectivity index (χ1v) is 10.2. The lowest BCUT2D eigenvalue weighted by atomic mass is 9.95. The zero-order valence-electron chi connectivity index (χ0n) is 17.6. The molecular weight excluding hydrogens is 469 g/mol. The number of carbonyl (C=O) groups excluding carboxylic acids is 2. The first kappa shape index (κ1) is 23.9. The van der Waals surface area contributed by atoms with Crippen LogP contribution in [-0.4, -0.2) is 35.0 Å². The second-order valence-corrected chi connectivity index (χ2v) is 7.86. The summed E-state index contributed by atoms with van der Waals surface area (Å²) in [5.41, 5.74) is 7.87. The van der Waals surface area contributed by atoms with E-state index in [1.54, 1.807) is 19.1 Å². The van der Waals surface area contributed by atoms with Crippen LogP contribution in [0.5, 0.6) is 5.75 Å². The number of ether oxygens (including phenoxy) is 1. The Hall–Kier alpha value is -3.75. The van der Waals surface area contributed by atoms with E-state index >= 15 is 0 Å². The first-order valence-electron chi connectivity index (χ1n) is 9.44. The van der Waals surface area contributed by atoms with E-state index in [4.69, 9.17) is 33.7 Å². The molecule has 5 N–H and O–H groups in total. The zero-order chi connectivity index (χ0) is 24.4. The van der Waals surface area contributed by atoms with Crippen LogP contribution in [0.4, 0.5) is 5.69 Å². The van der Waals surface area contributed by atoms with Crippen molar-refractivity contribution in [3.8, 4) is 28.0 Å². The lowest BCUT2D eigenvalue weighted by Gasteiger charge is -2.13. The molecule has 3 rings (SSSR count). The second kappa shape index (κ2) is 9.40. The number of carboxylic acid groups (broad SMARTS) is 1. The predicted octanol–water partition coefficient (Wildman–Crippen LogP) is 4.98. The van der Waals surface area contributed by atoms with Crippen LogP contribution in [0.25, 0.3) is 22.3 Å². The van der Waals surface area contributed by atoms with E-state index in [0.717, 1.165) is 0 Å². The molecule has 0 unspecified atom stereocenters. The van der Waals surface area contributed by atoms with Gasteiger partial charge in [0, 0.05) is 28.0 Å². The van der Waals surface area contributed by atoms with Gasteiger partial charge in [0.25, 0.3) is 11.8 Å². The van der Waals surface area contributed by atoms with Gasteiger partial charge in [0.2, 0.25) is 0 Å². The Morgan fingerprint density at radius 1 is 1.12 bits per heavy atom. The van der Waals surface area contributed by atoms with Crippen LogP contribution < -0.4 is 15.8 Å². The number of aromatic nitrogens is 1. The summed E-state index contributed by atoms with van der Waals surface area (Å²) in [5.74, 6) is -2.22. The lowest BCUT2D eigenvalue weighted by Crippen LogP contribution is -2.12. The average molecular weight is 488 g/mol. The normalized spacial score (nSPS) is 10.5. The number of H-pyrrole nitrogens is 1. The van der Waals surface area contributed by atoms with E-state index < -0.39 is 11.9 Å². The lowest BCUT2D eigenvalue weighted by molar-refractivity contribution is -0.112. The van der Waals surface area contributed by atoms with Gasteiger partial charge in [-0.25, -0.2) is 4.79 Å². The van der Waals surface area contributed by atoms with Gasteiger partial charge in [-0.15, -0.1) is 0 Å². The minimum Gasteiger partial charge on any atom is -0.496 e. The van der Waals surface area contributed by atoms with Crippen molar-refractivity contribution in [2.75, 3.05) is 12.4 Å². The van der Waals surface area contributed by atoms with Gasteiger partial charge in [-0.2, -0.15) is 0 Å². The van der Waals surface area contributed by atoms with Crippen LogP contribution in [0.2, 0.25) is 10.2 Å². The molecule has 0 aliphatic rings. The minimum atomic E-state index is -1.17. The van der Waals surface area contributed by atoms with Gasteiger partial charge < -0.3 is 25.9 Å². The Balaban J connectivity index is 2.21. The van der Waals surface area contributed by atoms with Crippen LogP contribution in [0.15, 0.2) is 48.6 Å². The molecule has 170 valence electrons. The van der Waals surface area contributed by atoms with Gasteiger partial charge >= 0.3 is 5.97 Å². The molecule has 2 amide bonds. The summed E-state index contributed by atoms with van der Waals surface area (Å²) in [5, 5.41) is 12.4. The number of carboxylic acids is 1. The standard InChI is InChI=1S/C23H19Cl2N3O5/c1-10(2)22(30)27-12-5-7-13(15(24)9-12)18-17(19(21(26)29)28-20(18)25)11-4-6-14(23(31)32)16(8-11)33-3/h4-9,28H,1H2,2-3H3,(H2,26,29)(H,27,30)(H,31,32). The van der Waals surface area contributed by atoms with Crippen LogP contribution >= 0.6 is 23.2 Å². The third kappa shape index (κ3) is 4.72. The van der Waals surface area contributed by atoms with Crippen molar-refractivity contribution in [2.24, 2.45) is 5.73 Å². The third-order valence-corrected chi connectivity index (χ3v) is 5.40. The number of hydrogen-bond donors (Lipinski definition) is 4. The summed E-state index contributed by atoms with van der Waals surface area (Å²) in [6.45, 7) is 5.16. The fourth-order valence-corrected chi connectivity index (χ4v) is 3.82. The number of carbonyl (C=O) groups is 3. The Bertz CT molecular complexity index is 1310. The number of aromatic carboxylic acids is 1. The van der Waals surface area contributed by atoms with Gasteiger partial charge in [-0.3, -0.25) is 9.59 Å². The van der Waals surface area contributed by atoms with E-state index in [2.05, 4.69) is 16.9 Å². The van der Waals surface area contributed by atoms with Gasteiger partial charge in [-0.05, 0) is 36.8 Å². The van der Waals surface area contributed by atoms with Gasteiger partial charge in [0.15, 0.2) is 0 Å². The third-order valence-electron chi connectivity index (χ3n) is 4.81. The number of benzene rings is 2. The van der Waals surface area contributed by atoms with E-state index in [1.807, 2.05) is 0 Å². The molecule has 0 spiro atoms. The molecule has 3 aromatic rings. The molecule has 2 aromatic carbocycles. The maximum atomic E-state index is 12.2. The molecule has 0 atom stereocenters. The number of amides is 2. The second-order valence-electron chi connectivity index (χ2n) is 7.08. The number of hydrogen-bond acceptors (Lipinski definition) is 4. The van der Waals surface area contributed by atoms with Crippen LogP contribution in [0.1, 0.15) is 27.8 Å². The van der Waals surface area contributed by atoms with Crippen LogP contribution in [0.3, 0.4) is 0 Å². The van der Waals surface area contributed by atoms with Crippen molar-refractivity contribution in [1.29, 1.82) is 0 Å². The Kier molecular flexibility index (Phi) is 6.81. The summed E-state index contributed by atoms with van der Waals surface area (Å²) in [7, 11) is 1.33. The number of primary amides is 1. The molecule has 10 heteroatoms. The van der Waals surface area contributed by atoms with Gasteiger partial charge in [0.05, 0.1) is 12.1 Å². The highest BCUT2D eigenvalue weighted by atomic mass is 35.5. The Labute approximate surface area is 199 Å². The van der Waals surface area contributed by atoms with Gasteiger partial charge in [-0.1, -0.05) is 41.9 Å². The van der Waals surface area contributed by atoms with Crippen molar-refractivity contribution < 1.29 is 24.2 Å². The molecule has 33 heavy (non-hydrogen) atoms. The highest BCUT2D eigenvalue weighted by Crippen LogP contribution is 2.44. The molecular formula is C23H19Cl2N3O5. The monoisotopic (exact) mass is 487 g/mol. The largest absolute Gasteiger partial charge is 0.496 e. The quantitative estimate of drug-likeness (QED) is 0.348. The summed E-state index contributed by atoms with van der Waals surface area (Å²) in [6, 6.07) is 9.10. The van der Waals surface area contributed by atoms with E-state index in [9.17, 15) is 19.5 Å². The van der Waals surface area contributed by atoms with Crippen molar-refractivity contribution >= 4 is 46.7 Å². The fraction of sp³-hybridized carbons (Fsp3) is 0.0870. The summed E-state index contributed by atoms with van der Waals surface area (Å²) in [4.78, 5) is 38.3. The number of rotatable bonds is 7. The molecule has 0 bridgehead atoms. The number of nitrogens with two attached hydrogens (primary N) is 1. The molecule has 0 radical (unpaired) electrons. The molecule has 0 aliphatic carbocycles. The number of anilines is 1. The highest BCUT2D eigenvalue weighted by Gasteiger charge is 2.25. The highest BCUT2D eigenvalue weighted by molar-refractivity contribution is 6.37. The van der Waals surface area contributed by atoms with E-state index in [0.29, 0.717) is 33.5 Å². The van der Waals surface area contributed by atoms with Gasteiger partial charge in [0.1, 0.15) is 22.2 Å².